The Morgan fingerprint density at radius 2 is 1.83 bits per heavy atom. The fraction of sp³-hybridized carbons (Fsp3) is 0.263. The monoisotopic (exact) mass is 403 g/mol. The number of rotatable bonds is 10. The normalized spacial score (nSPS) is 10.4. The van der Waals surface area contributed by atoms with Gasteiger partial charge in [-0.3, -0.25) is 10.1 Å². The van der Waals surface area contributed by atoms with Gasteiger partial charge in [-0.25, -0.2) is 10.2 Å². The Hall–Kier alpha value is -3.82. The molecule has 0 saturated heterocycles. The summed E-state index contributed by atoms with van der Waals surface area (Å²) in [5, 5.41) is 14.7. The quantitative estimate of drug-likeness (QED) is 0.280. The Morgan fingerprint density at radius 1 is 1.14 bits per heavy atom. The van der Waals surface area contributed by atoms with Crippen LogP contribution in [-0.2, 0) is 4.74 Å². The molecule has 0 bridgehead atoms. The molecule has 1 amide bonds. The van der Waals surface area contributed by atoms with Gasteiger partial charge in [0, 0.05) is 17.7 Å². The minimum Gasteiger partial charge on any atom is -0.493 e. The molecule has 0 unspecified atom stereocenters. The molecule has 0 atom stereocenters. The Morgan fingerprint density at radius 3 is 2.48 bits per heavy atom. The molecule has 0 saturated carbocycles. The van der Waals surface area contributed by atoms with Gasteiger partial charge in [0.05, 0.1) is 24.9 Å². The Balaban J connectivity index is 2.01. The fourth-order valence-corrected chi connectivity index (χ4v) is 2.24. The number of hydrogen-bond acceptors (Lipinski definition) is 8. The highest BCUT2D eigenvalue weighted by atomic mass is 16.6. The van der Waals surface area contributed by atoms with Gasteiger partial charge in [-0.2, -0.15) is 5.10 Å². The summed E-state index contributed by atoms with van der Waals surface area (Å²) in [4.78, 5) is 21.7. The molecule has 2 rings (SSSR count). The minimum atomic E-state index is -0.734. The molecule has 10 heteroatoms. The van der Waals surface area contributed by atoms with E-state index in [9.17, 15) is 14.9 Å². The van der Waals surface area contributed by atoms with Gasteiger partial charge >= 0.3 is 6.09 Å². The number of hydrogen-bond donors (Lipinski definition) is 1. The molecule has 0 spiro atoms. The Kier molecular flexibility index (Phi) is 8.24. The minimum absolute atomic E-state index is 0.139. The third kappa shape index (κ3) is 6.69. The van der Waals surface area contributed by atoms with Gasteiger partial charge in [0.15, 0.2) is 11.5 Å². The topological polar surface area (TPSA) is 122 Å². The highest BCUT2D eigenvalue weighted by Crippen LogP contribution is 2.26. The average Bonchev–Trinajstić information content (AvgIpc) is 2.72. The average molecular weight is 403 g/mol. The lowest BCUT2D eigenvalue weighted by Gasteiger charge is -2.12. The van der Waals surface area contributed by atoms with Crippen LogP contribution in [0.5, 0.6) is 17.2 Å². The number of nitro benzene ring substituents is 1. The largest absolute Gasteiger partial charge is 0.493 e. The number of ether oxygens (including phenoxy) is 4. The summed E-state index contributed by atoms with van der Waals surface area (Å²) >= 11 is 0. The SMILES string of the molecule is CCOC(=O)NN=Cc1cc([N+](=O)[O-])ccc1OCCOc1ccccc1OC. The summed E-state index contributed by atoms with van der Waals surface area (Å²) in [5.41, 5.74) is 2.33. The van der Waals surface area contributed by atoms with Crippen LogP contribution < -0.4 is 19.6 Å². The van der Waals surface area contributed by atoms with Crippen LogP contribution in [0.4, 0.5) is 10.5 Å². The molecule has 1 N–H and O–H groups in total. The maximum atomic E-state index is 11.3. The number of para-hydroxylation sites is 2. The number of amides is 1. The number of nitro groups is 1. The van der Waals surface area contributed by atoms with Gasteiger partial charge < -0.3 is 18.9 Å². The summed E-state index contributed by atoms with van der Waals surface area (Å²) in [6.07, 6.45) is 0.502. The number of non-ortho nitro benzene ring substituents is 1. The summed E-state index contributed by atoms with van der Waals surface area (Å²) in [6, 6.07) is 11.2. The first kappa shape index (κ1) is 21.5. The van der Waals surface area contributed by atoms with Crippen molar-refractivity contribution in [1.82, 2.24) is 5.43 Å². The van der Waals surface area contributed by atoms with E-state index in [1.807, 2.05) is 12.1 Å². The molecule has 29 heavy (non-hydrogen) atoms. The van der Waals surface area contributed by atoms with Crippen LogP contribution in [0.1, 0.15) is 12.5 Å². The number of benzene rings is 2. The van der Waals surface area contributed by atoms with Crippen LogP contribution >= 0.6 is 0 Å². The third-order valence-electron chi connectivity index (χ3n) is 3.51. The number of carbonyl (C=O) groups excluding carboxylic acids is 1. The molecule has 154 valence electrons. The predicted octanol–water partition coefficient (Wildman–Crippen LogP) is 3.14. The van der Waals surface area contributed by atoms with Gasteiger partial charge in [0.2, 0.25) is 0 Å². The maximum Gasteiger partial charge on any atom is 0.427 e. The van der Waals surface area contributed by atoms with E-state index in [2.05, 4.69) is 15.3 Å². The zero-order valence-corrected chi connectivity index (χ0v) is 16.0. The zero-order valence-electron chi connectivity index (χ0n) is 16.0. The lowest BCUT2D eigenvalue weighted by atomic mass is 10.2. The van der Waals surface area contributed by atoms with Crippen LogP contribution in [0.2, 0.25) is 0 Å². The number of nitrogens with one attached hydrogen (secondary N) is 1. The van der Waals surface area contributed by atoms with Crippen molar-refractivity contribution in [3.05, 3.63) is 58.1 Å². The van der Waals surface area contributed by atoms with Gasteiger partial charge in [-0.1, -0.05) is 12.1 Å². The van der Waals surface area contributed by atoms with Gasteiger partial charge in [-0.05, 0) is 25.1 Å². The van der Waals surface area contributed by atoms with E-state index >= 15 is 0 Å². The Bertz CT molecular complexity index is 871. The number of carbonyl (C=O) groups is 1. The van der Waals surface area contributed by atoms with Crippen molar-refractivity contribution in [3.8, 4) is 17.2 Å². The van der Waals surface area contributed by atoms with Crippen LogP contribution in [-0.4, -0.2) is 44.2 Å². The van der Waals surface area contributed by atoms with E-state index in [0.29, 0.717) is 22.8 Å². The van der Waals surface area contributed by atoms with E-state index < -0.39 is 11.0 Å². The first-order valence-electron chi connectivity index (χ1n) is 8.68. The van der Waals surface area contributed by atoms with E-state index in [1.165, 1.54) is 24.4 Å². The van der Waals surface area contributed by atoms with Gasteiger partial charge in [0.25, 0.3) is 5.69 Å². The molecular formula is C19H21N3O7. The smallest absolute Gasteiger partial charge is 0.427 e. The molecule has 0 aliphatic carbocycles. The molecular weight excluding hydrogens is 382 g/mol. The van der Waals surface area contributed by atoms with Crippen LogP contribution in [0, 0.1) is 10.1 Å². The highest BCUT2D eigenvalue weighted by molar-refractivity contribution is 5.85. The first-order valence-corrected chi connectivity index (χ1v) is 8.68. The van der Waals surface area contributed by atoms with Crippen LogP contribution in [0.25, 0.3) is 0 Å². The number of methoxy groups -OCH3 is 1. The van der Waals surface area contributed by atoms with Crippen molar-refractivity contribution in [3.63, 3.8) is 0 Å². The van der Waals surface area contributed by atoms with Gasteiger partial charge in [-0.15, -0.1) is 0 Å². The van der Waals surface area contributed by atoms with E-state index in [0.717, 1.165) is 0 Å². The lowest BCUT2D eigenvalue weighted by Crippen LogP contribution is -2.18. The molecule has 2 aromatic rings. The third-order valence-corrected chi connectivity index (χ3v) is 3.51. The van der Waals surface area contributed by atoms with E-state index in [4.69, 9.17) is 14.2 Å². The van der Waals surface area contributed by atoms with Crippen molar-refractivity contribution < 1.29 is 28.7 Å². The van der Waals surface area contributed by atoms with Crippen LogP contribution in [0.15, 0.2) is 47.6 Å². The van der Waals surface area contributed by atoms with Crippen molar-refractivity contribution >= 4 is 18.0 Å². The first-order chi connectivity index (χ1) is 14.0. The molecule has 2 aromatic carbocycles. The molecule has 0 radical (unpaired) electrons. The fourth-order valence-electron chi connectivity index (χ4n) is 2.24. The summed E-state index contributed by atoms with van der Waals surface area (Å²) < 4.78 is 21.2. The van der Waals surface area contributed by atoms with E-state index in [-0.39, 0.29) is 25.5 Å². The Labute approximate surface area is 167 Å². The second-order valence-electron chi connectivity index (χ2n) is 5.42. The number of hydrazone groups is 1. The lowest BCUT2D eigenvalue weighted by molar-refractivity contribution is -0.384. The summed E-state index contributed by atoms with van der Waals surface area (Å²) in [5.74, 6) is 1.51. The standard InChI is InChI=1S/C19H21N3O7/c1-3-27-19(23)21-20-13-14-12-15(22(24)25)8-9-16(14)28-10-11-29-18-7-5-4-6-17(18)26-2/h4-9,12-13H,3,10-11H2,1-2H3,(H,21,23). The highest BCUT2D eigenvalue weighted by Gasteiger charge is 2.11. The van der Waals surface area contributed by atoms with Crippen molar-refractivity contribution in [2.45, 2.75) is 6.92 Å². The van der Waals surface area contributed by atoms with Crippen molar-refractivity contribution in [2.75, 3.05) is 26.9 Å². The van der Waals surface area contributed by atoms with Crippen LogP contribution in [0.3, 0.4) is 0 Å². The second-order valence-corrected chi connectivity index (χ2v) is 5.42. The number of nitrogens with zero attached hydrogens (tertiary/aromatic N) is 2. The van der Waals surface area contributed by atoms with Gasteiger partial charge in [0.1, 0.15) is 19.0 Å². The summed E-state index contributed by atoms with van der Waals surface area (Å²) in [6.45, 7) is 2.23. The summed E-state index contributed by atoms with van der Waals surface area (Å²) in [7, 11) is 1.55. The molecule has 0 aliphatic rings. The molecule has 0 aliphatic heterocycles. The second kappa shape index (κ2) is 11.1. The predicted molar refractivity (Wildman–Crippen MR) is 105 cm³/mol. The van der Waals surface area contributed by atoms with Crippen molar-refractivity contribution in [1.29, 1.82) is 0 Å². The van der Waals surface area contributed by atoms with E-state index in [1.54, 1.807) is 26.2 Å². The molecule has 0 aromatic heterocycles. The maximum absolute atomic E-state index is 11.3. The zero-order chi connectivity index (χ0) is 21.1. The van der Waals surface area contributed by atoms with Crippen molar-refractivity contribution in [2.24, 2.45) is 5.10 Å². The molecule has 0 heterocycles. The molecule has 0 fully saturated rings. The molecule has 10 nitrogen and oxygen atoms in total.